The van der Waals surface area contributed by atoms with E-state index in [4.69, 9.17) is 19.6 Å². The molecule has 170 valence electrons. The molecular formula is C16H36NO10P. The molecule has 11 nitrogen and oxygen atoms in total. The third kappa shape index (κ3) is 9.55. The van der Waals surface area contributed by atoms with Crippen molar-refractivity contribution < 1.29 is 49.1 Å². The van der Waals surface area contributed by atoms with Gasteiger partial charge in [-0.1, -0.05) is 20.8 Å². The molecule has 1 heterocycles. The molecule has 0 spiro atoms. The van der Waals surface area contributed by atoms with Gasteiger partial charge in [-0.3, -0.25) is 4.52 Å². The molecule has 1 rings (SSSR count). The molecule has 1 saturated heterocycles. The number of nitrogens with zero attached hydrogens (tertiary/aromatic N) is 1. The highest BCUT2D eigenvalue weighted by Crippen LogP contribution is 2.39. The molecule has 1 unspecified atom stereocenters. The van der Waals surface area contributed by atoms with E-state index in [1.165, 1.54) is 26.6 Å². The summed E-state index contributed by atoms with van der Waals surface area (Å²) < 4.78 is 20.3. The van der Waals surface area contributed by atoms with Crippen molar-refractivity contribution in [1.29, 1.82) is 0 Å². The highest BCUT2D eigenvalue weighted by atomic mass is 31.2. The van der Waals surface area contributed by atoms with Gasteiger partial charge in [-0.2, -0.15) is 0 Å². The van der Waals surface area contributed by atoms with Crippen LogP contribution >= 0.6 is 7.82 Å². The number of aliphatic hydroxyl groups is 5. The molecule has 0 amide bonds. The largest absolute Gasteiger partial charge is 0.469 e. The normalized spacial score (nSPS) is 30.5. The van der Waals surface area contributed by atoms with Gasteiger partial charge in [0.25, 0.3) is 0 Å². The Morgan fingerprint density at radius 1 is 1.04 bits per heavy atom. The maximum absolute atomic E-state index is 10.7. The Hall–Kier alpha value is -0.170. The summed E-state index contributed by atoms with van der Waals surface area (Å²) >= 11 is 0. The van der Waals surface area contributed by atoms with Crippen molar-refractivity contribution in [2.45, 2.75) is 76.8 Å². The van der Waals surface area contributed by atoms with Crippen LogP contribution in [-0.2, 0) is 13.8 Å². The zero-order valence-electron chi connectivity index (χ0n) is 16.8. The molecule has 0 saturated carbocycles. The molecule has 1 fully saturated rings. The first-order chi connectivity index (χ1) is 12.9. The fourth-order valence-corrected chi connectivity index (χ4v) is 3.43. The van der Waals surface area contributed by atoms with Crippen LogP contribution in [0.25, 0.3) is 0 Å². The lowest BCUT2D eigenvalue weighted by Crippen LogP contribution is -2.61. The number of hydrogen-bond acceptors (Lipinski definition) is 9. The van der Waals surface area contributed by atoms with Gasteiger partial charge in [0, 0.05) is 6.42 Å². The average molecular weight is 433 g/mol. The average Bonchev–Trinajstić information content (AvgIpc) is 2.62. The first kappa shape index (κ1) is 27.8. The van der Waals surface area contributed by atoms with Crippen LogP contribution < -0.4 is 0 Å². The predicted octanol–water partition coefficient (Wildman–Crippen LogP) is -1.57. The molecule has 28 heavy (non-hydrogen) atoms. The molecule has 0 aliphatic carbocycles. The first-order valence-electron chi connectivity index (χ1n) is 9.36. The van der Waals surface area contributed by atoms with Crippen molar-refractivity contribution in [3.63, 3.8) is 0 Å². The van der Waals surface area contributed by atoms with E-state index in [1.54, 1.807) is 0 Å². The predicted molar refractivity (Wildman–Crippen MR) is 100 cm³/mol. The number of hydrogen-bond donors (Lipinski definition) is 7. The highest BCUT2D eigenvalue weighted by molar-refractivity contribution is 7.46. The minimum absolute atomic E-state index is 0.204. The lowest BCUT2D eigenvalue weighted by atomic mass is 9.90. The van der Waals surface area contributed by atoms with Gasteiger partial charge < -0.3 is 45.0 Å². The SMILES string of the molecule is CCN(CC)CC.C[C@@H](CC1O[C@H]([C@@H](O)CO)[C@@H](O)[C@H](O)[C@@H]1O)OP(=O)(O)O. The second kappa shape index (κ2) is 13.2. The molecule has 0 aromatic carbocycles. The standard InChI is InChI=1S/C10H21O10P.C6H15N/c1-4(20-21(16,17)18)2-6-7(13)8(14)9(15)10(19-6)5(12)3-11;1-4-7(5-2)6-3/h4-15H,2-3H2,1H3,(H2,16,17,18);4-6H2,1-3H3/t4-,5-,6?,7+,8+,9-,10+;/m0./s1. The van der Waals surface area contributed by atoms with E-state index < -0.39 is 57.2 Å². The summed E-state index contributed by atoms with van der Waals surface area (Å²) in [6, 6.07) is 0. The first-order valence-corrected chi connectivity index (χ1v) is 10.9. The number of phosphoric ester groups is 1. The Morgan fingerprint density at radius 2 is 1.54 bits per heavy atom. The van der Waals surface area contributed by atoms with Gasteiger partial charge in [0.1, 0.15) is 30.5 Å². The summed E-state index contributed by atoms with van der Waals surface area (Å²) in [7, 11) is -4.72. The summed E-state index contributed by atoms with van der Waals surface area (Å²) in [5.74, 6) is 0. The van der Waals surface area contributed by atoms with Crippen LogP contribution in [0.2, 0.25) is 0 Å². The summed E-state index contributed by atoms with van der Waals surface area (Å²) in [5, 5.41) is 47.6. The van der Waals surface area contributed by atoms with Crippen LogP contribution in [0.1, 0.15) is 34.1 Å². The van der Waals surface area contributed by atoms with E-state index in [0.717, 1.165) is 0 Å². The minimum Gasteiger partial charge on any atom is -0.394 e. The monoisotopic (exact) mass is 433 g/mol. The van der Waals surface area contributed by atoms with E-state index >= 15 is 0 Å². The minimum atomic E-state index is -4.72. The van der Waals surface area contributed by atoms with Gasteiger partial charge in [-0.25, -0.2) is 4.57 Å². The van der Waals surface area contributed by atoms with Crippen molar-refractivity contribution in [2.24, 2.45) is 0 Å². The molecular weight excluding hydrogens is 397 g/mol. The van der Waals surface area contributed by atoms with Crippen molar-refractivity contribution in [3.8, 4) is 0 Å². The molecule has 0 aromatic rings. The van der Waals surface area contributed by atoms with Gasteiger partial charge in [-0.05, 0) is 26.6 Å². The zero-order valence-corrected chi connectivity index (χ0v) is 17.7. The molecule has 0 aromatic heterocycles. The summed E-state index contributed by atoms with van der Waals surface area (Å²) in [6.07, 6.45) is -9.98. The lowest BCUT2D eigenvalue weighted by Gasteiger charge is -2.42. The van der Waals surface area contributed by atoms with E-state index in [-0.39, 0.29) is 6.42 Å². The van der Waals surface area contributed by atoms with Crippen LogP contribution in [-0.4, -0.2) is 109 Å². The van der Waals surface area contributed by atoms with Crippen LogP contribution in [0, 0.1) is 0 Å². The van der Waals surface area contributed by atoms with Crippen molar-refractivity contribution in [1.82, 2.24) is 4.90 Å². The van der Waals surface area contributed by atoms with Gasteiger partial charge in [0.2, 0.25) is 0 Å². The Labute approximate surface area is 165 Å². The number of rotatable bonds is 9. The van der Waals surface area contributed by atoms with Crippen LogP contribution in [0.4, 0.5) is 0 Å². The summed E-state index contributed by atoms with van der Waals surface area (Å²) in [5.41, 5.74) is 0. The molecule has 12 heteroatoms. The van der Waals surface area contributed by atoms with Crippen molar-refractivity contribution in [3.05, 3.63) is 0 Å². The van der Waals surface area contributed by atoms with E-state index in [1.807, 2.05) is 0 Å². The molecule has 7 atom stereocenters. The summed E-state index contributed by atoms with van der Waals surface area (Å²) in [6.45, 7) is 10.7. The van der Waals surface area contributed by atoms with Gasteiger partial charge in [0.05, 0.1) is 18.8 Å². The maximum Gasteiger partial charge on any atom is 0.469 e. The van der Waals surface area contributed by atoms with Gasteiger partial charge >= 0.3 is 7.82 Å². The van der Waals surface area contributed by atoms with Crippen molar-refractivity contribution >= 4 is 7.82 Å². The van der Waals surface area contributed by atoms with E-state index in [0.29, 0.717) is 0 Å². The molecule has 1 aliphatic rings. The highest BCUT2D eigenvalue weighted by Gasteiger charge is 2.46. The maximum atomic E-state index is 10.7. The molecule has 0 radical (unpaired) electrons. The number of phosphoric acid groups is 1. The second-order valence-electron chi connectivity index (χ2n) is 6.62. The third-order valence-corrected chi connectivity index (χ3v) is 5.17. The summed E-state index contributed by atoms with van der Waals surface area (Å²) in [4.78, 5) is 19.7. The van der Waals surface area contributed by atoms with Gasteiger partial charge in [0.15, 0.2) is 0 Å². The van der Waals surface area contributed by atoms with E-state index in [9.17, 15) is 25.0 Å². The Balaban J connectivity index is 0.000000887. The Bertz CT molecular complexity index is 455. The molecule has 1 aliphatic heterocycles. The van der Waals surface area contributed by atoms with Gasteiger partial charge in [-0.15, -0.1) is 0 Å². The van der Waals surface area contributed by atoms with Crippen molar-refractivity contribution in [2.75, 3.05) is 26.2 Å². The van der Waals surface area contributed by atoms with Crippen LogP contribution in [0.3, 0.4) is 0 Å². The lowest BCUT2D eigenvalue weighted by molar-refractivity contribution is -0.249. The topological polar surface area (TPSA) is 180 Å². The quantitative estimate of drug-likeness (QED) is 0.209. The fourth-order valence-electron chi connectivity index (χ4n) is 2.87. The zero-order chi connectivity index (χ0) is 22.1. The van der Waals surface area contributed by atoms with Crippen LogP contribution in [0.15, 0.2) is 0 Å². The fraction of sp³-hybridized carbons (Fsp3) is 1.00. The molecule has 7 N–H and O–H groups in total. The molecule has 0 bridgehead atoms. The number of aliphatic hydroxyl groups excluding tert-OH is 5. The number of ether oxygens (including phenoxy) is 1. The Morgan fingerprint density at radius 3 is 1.89 bits per heavy atom. The second-order valence-corrected chi connectivity index (χ2v) is 7.81. The smallest absolute Gasteiger partial charge is 0.394 e. The van der Waals surface area contributed by atoms with E-state index in [2.05, 4.69) is 30.2 Å². The Kier molecular flexibility index (Phi) is 13.1. The third-order valence-electron chi connectivity index (χ3n) is 4.54. The van der Waals surface area contributed by atoms with Crippen LogP contribution in [0.5, 0.6) is 0 Å².